The normalized spacial score (nSPS) is 11.2. The molecule has 0 saturated heterocycles. The summed E-state index contributed by atoms with van der Waals surface area (Å²) in [5, 5.41) is 0. The first kappa shape index (κ1) is 29.8. The number of benzene rings is 1. The van der Waals surface area contributed by atoms with Crippen molar-refractivity contribution in [3.63, 3.8) is 0 Å². The van der Waals surface area contributed by atoms with E-state index in [1.165, 1.54) is 0 Å². The zero-order valence-corrected chi connectivity index (χ0v) is 21.7. The molecule has 0 aliphatic carbocycles. The first-order valence-electron chi connectivity index (χ1n) is 7.87. The molecule has 0 fully saturated rings. The summed E-state index contributed by atoms with van der Waals surface area (Å²) in [5.41, 5.74) is 0.842. The quantitative estimate of drug-likeness (QED) is 0.180. The molecule has 0 aliphatic rings. The smallest absolute Gasteiger partial charge is 0.748 e. The molecular weight excluding hydrogens is 416 g/mol. The zero-order valence-electron chi connectivity index (χ0n) is 16.1. The Morgan fingerprint density at radius 3 is 1.78 bits per heavy atom. The van der Waals surface area contributed by atoms with E-state index < -0.39 is 31.7 Å². The molecule has 1 rings (SSSR count). The summed E-state index contributed by atoms with van der Waals surface area (Å²) in [6.45, 7) is 1.01. The van der Waals surface area contributed by atoms with Crippen LogP contribution in [0.15, 0.2) is 24.3 Å². The van der Waals surface area contributed by atoms with Crippen LogP contribution in [-0.4, -0.2) is 57.6 Å². The minimum atomic E-state index is -4.22. The molecule has 0 N–H and O–H groups in total. The molecule has 1 aromatic carbocycles. The summed E-state index contributed by atoms with van der Waals surface area (Å²) in [6.07, 6.45) is 1.50. The van der Waals surface area contributed by atoms with Gasteiger partial charge in [0.05, 0.1) is 27.3 Å². The minimum absolute atomic E-state index is 0. The van der Waals surface area contributed by atoms with Crippen LogP contribution in [0.5, 0.6) is 5.75 Å². The molecule has 0 aliphatic heterocycles. The van der Waals surface area contributed by atoms with E-state index in [-0.39, 0.29) is 72.0 Å². The fraction of sp³-hybridized carbons (Fsp3) is 0.600. The molecule has 0 aromatic heterocycles. The van der Waals surface area contributed by atoms with Crippen molar-refractivity contribution in [3.8, 4) is 5.75 Å². The molecule has 0 spiro atoms. The second-order valence-corrected chi connectivity index (χ2v) is 8.67. The van der Waals surface area contributed by atoms with E-state index >= 15 is 0 Å². The first-order chi connectivity index (χ1) is 11.6. The molecule has 0 heterocycles. The molecule has 144 valence electrons. The van der Waals surface area contributed by atoms with Crippen molar-refractivity contribution >= 4 is 25.9 Å². The zero-order chi connectivity index (χ0) is 18.9. The van der Waals surface area contributed by atoms with Crippen molar-refractivity contribution in [1.82, 2.24) is 0 Å². The molecule has 8 nitrogen and oxygen atoms in total. The Morgan fingerprint density at radius 1 is 0.889 bits per heavy atom. The van der Waals surface area contributed by atoms with Gasteiger partial charge >= 0.3 is 59.1 Å². The van der Waals surface area contributed by atoms with E-state index in [1.807, 2.05) is 23.1 Å². The largest absolute Gasteiger partial charge is 1.00 e. The monoisotopic (exact) mass is 439 g/mol. The average Bonchev–Trinajstić information content (AvgIpc) is 2.51. The van der Waals surface area contributed by atoms with Crippen LogP contribution in [0.25, 0.3) is 0 Å². The van der Waals surface area contributed by atoms with Crippen molar-refractivity contribution in [2.45, 2.75) is 25.7 Å². The summed E-state index contributed by atoms with van der Waals surface area (Å²) < 4.78 is 69.2. The maximum Gasteiger partial charge on any atom is 1.00 e. The van der Waals surface area contributed by atoms with Crippen molar-refractivity contribution in [2.24, 2.45) is 0 Å². The molecule has 0 unspecified atom stereocenters. The van der Waals surface area contributed by atoms with Gasteiger partial charge < -0.3 is 18.7 Å². The average molecular weight is 439 g/mol. The van der Waals surface area contributed by atoms with Crippen LogP contribution in [0, 0.1) is 0 Å². The second-order valence-electron chi connectivity index (χ2n) is 5.63. The fourth-order valence-corrected chi connectivity index (χ4v) is 3.46. The molecule has 0 saturated carbocycles. The maximum absolute atomic E-state index is 10.7. The number of unbranched alkanes of at least 4 members (excludes halogenated alkanes) is 2. The fourth-order valence-electron chi connectivity index (χ4n) is 2.34. The van der Waals surface area contributed by atoms with Gasteiger partial charge in [-0.1, -0.05) is 6.07 Å². The number of hydrogen-bond acceptors (Lipinski definition) is 8. The Kier molecular flexibility index (Phi) is 16.1. The Labute approximate surface area is 206 Å². The van der Waals surface area contributed by atoms with Crippen LogP contribution >= 0.6 is 0 Å². The third kappa shape index (κ3) is 15.2. The third-order valence-electron chi connectivity index (χ3n) is 3.56. The first-order valence-corrected chi connectivity index (χ1v) is 11.0. The number of ether oxygens (including phenoxy) is 1. The van der Waals surface area contributed by atoms with Gasteiger partial charge in [0.25, 0.3) is 0 Å². The summed E-state index contributed by atoms with van der Waals surface area (Å²) >= 11 is 0. The van der Waals surface area contributed by atoms with Crippen LogP contribution < -0.4 is 68.8 Å². The van der Waals surface area contributed by atoms with Gasteiger partial charge in [0.2, 0.25) is 0 Å². The second kappa shape index (κ2) is 14.6. The van der Waals surface area contributed by atoms with Crippen molar-refractivity contribution in [3.05, 3.63) is 24.3 Å². The van der Waals surface area contributed by atoms with Gasteiger partial charge in [0.1, 0.15) is 5.75 Å². The van der Waals surface area contributed by atoms with Crippen LogP contribution in [0.2, 0.25) is 0 Å². The summed E-state index contributed by atoms with van der Waals surface area (Å²) in [5.74, 6) is -0.160. The molecule has 1 aromatic rings. The van der Waals surface area contributed by atoms with Gasteiger partial charge in [-0.15, -0.1) is 0 Å². The van der Waals surface area contributed by atoms with Gasteiger partial charge in [-0.25, -0.2) is 16.8 Å². The van der Waals surface area contributed by atoms with E-state index in [2.05, 4.69) is 0 Å². The Balaban J connectivity index is 0. The minimum Gasteiger partial charge on any atom is -0.748 e. The van der Waals surface area contributed by atoms with E-state index in [1.54, 1.807) is 13.2 Å². The van der Waals surface area contributed by atoms with E-state index in [0.29, 0.717) is 31.7 Å². The summed E-state index contributed by atoms with van der Waals surface area (Å²) in [6, 6.07) is 7.27. The predicted octanol–water partition coefficient (Wildman–Crippen LogP) is -4.84. The molecule has 0 atom stereocenters. The van der Waals surface area contributed by atoms with Crippen LogP contribution in [0.4, 0.5) is 5.69 Å². The van der Waals surface area contributed by atoms with E-state index in [4.69, 9.17) is 4.74 Å². The number of nitrogens with zero attached hydrogens (tertiary/aromatic N) is 1. The summed E-state index contributed by atoms with van der Waals surface area (Å²) in [4.78, 5) is 1.96. The number of anilines is 1. The molecular formula is C15H23NNa2O7S2. The van der Waals surface area contributed by atoms with Crippen molar-refractivity contribution in [1.29, 1.82) is 0 Å². The number of rotatable bonds is 12. The third-order valence-corrected chi connectivity index (χ3v) is 5.14. The Hall–Kier alpha value is 0.640. The molecule has 0 bridgehead atoms. The predicted molar refractivity (Wildman–Crippen MR) is 92.8 cm³/mol. The number of methoxy groups -OCH3 is 1. The SMILES string of the molecule is COc1cccc(N(CCCCS(=O)(=O)[O-])CCCCS(=O)(=O)[O-])c1.[Na+].[Na+]. The van der Waals surface area contributed by atoms with Gasteiger partial charge in [0.15, 0.2) is 0 Å². The van der Waals surface area contributed by atoms with E-state index in [0.717, 1.165) is 5.69 Å². The Morgan fingerprint density at radius 2 is 1.37 bits per heavy atom. The molecule has 0 amide bonds. The maximum atomic E-state index is 10.7. The molecule has 12 heteroatoms. The van der Waals surface area contributed by atoms with Crippen molar-refractivity contribution < 1.29 is 89.8 Å². The van der Waals surface area contributed by atoms with Crippen LogP contribution in [0.1, 0.15) is 25.7 Å². The van der Waals surface area contributed by atoms with Gasteiger partial charge in [-0.3, -0.25) is 0 Å². The van der Waals surface area contributed by atoms with Gasteiger partial charge in [-0.2, -0.15) is 0 Å². The van der Waals surface area contributed by atoms with E-state index in [9.17, 15) is 25.9 Å². The van der Waals surface area contributed by atoms with Gasteiger partial charge in [-0.05, 0) is 37.8 Å². The standard InChI is InChI=1S/C15H25NO7S2.2Na/c1-23-15-8-6-7-14(13-15)16(9-2-4-11-24(17,18)19)10-3-5-12-25(20,21)22;;/h6-8,13H,2-5,9-12H2,1H3,(H,17,18,19)(H,20,21,22);;/q;2*+1/p-2. The molecule has 27 heavy (non-hydrogen) atoms. The van der Waals surface area contributed by atoms with Gasteiger partial charge in [0, 0.05) is 36.3 Å². The Bertz CT molecular complexity index is 702. The van der Waals surface area contributed by atoms with Crippen molar-refractivity contribution in [2.75, 3.05) is 36.6 Å². The van der Waals surface area contributed by atoms with Crippen LogP contribution in [0.3, 0.4) is 0 Å². The summed E-state index contributed by atoms with van der Waals surface area (Å²) in [7, 11) is -6.91. The number of hydrogen-bond donors (Lipinski definition) is 0. The molecule has 0 radical (unpaired) electrons. The topological polar surface area (TPSA) is 127 Å². The van der Waals surface area contributed by atoms with Crippen LogP contribution in [-0.2, 0) is 20.2 Å².